The van der Waals surface area contributed by atoms with Gasteiger partial charge < -0.3 is 20.5 Å². The molecule has 0 radical (unpaired) electrons. The summed E-state index contributed by atoms with van der Waals surface area (Å²) >= 11 is 0. The van der Waals surface area contributed by atoms with E-state index in [4.69, 9.17) is 4.74 Å². The number of carboxylic acid groups (broad SMARTS) is 1. The van der Waals surface area contributed by atoms with E-state index in [1.54, 1.807) is 0 Å². The number of aliphatic carboxylic acids is 1. The Morgan fingerprint density at radius 2 is 1.62 bits per heavy atom. The third-order valence-electron chi connectivity index (χ3n) is 8.42. The molecule has 3 saturated carbocycles. The maximum atomic E-state index is 12.8. The van der Waals surface area contributed by atoms with Gasteiger partial charge in [0.25, 0.3) is 0 Å². The number of rotatable bonds is 7. The van der Waals surface area contributed by atoms with Crippen molar-refractivity contribution >= 4 is 18.0 Å². The van der Waals surface area contributed by atoms with Gasteiger partial charge in [0.05, 0.1) is 10.8 Å². The van der Waals surface area contributed by atoms with Crippen LogP contribution in [0.1, 0.15) is 49.1 Å². The van der Waals surface area contributed by atoms with Gasteiger partial charge in [-0.15, -0.1) is 0 Å². The van der Waals surface area contributed by atoms with Gasteiger partial charge in [-0.1, -0.05) is 48.5 Å². The summed E-state index contributed by atoms with van der Waals surface area (Å²) in [5.41, 5.74) is 3.48. The van der Waals surface area contributed by atoms with E-state index in [1.807, 2.05) is 24.3 Å². The van der Waals surface area contributed by atoms with Crippen LogP contribution in [0, 0.1) is 16.7 Å². The number of hydrogen-bond donors (Lipinski definition) is 3. The molecule has 3 fully saturated rings. The highest BCUT2D eigenvalue weighted by Crippen LogP contribution is 2.63. The number of carboxylic acids is 1. The Balaban J connectivity index is 1.03. The fourth-order valence-electron chi connectivity index (χ4n) is 6.14. The maximum Gasteiger partial charge on any atom is 0.407 e. The molecule has 34 heavy (non-hydrogen) atoms. The monoisotopic (exact) mass is 460 g/mol. The minimum atomic E-state index is -0.834. The van der Waals surface area contributed by atoms with Crippen LogP contribution in [0.15, 0.2) is 48.5 Å². The zero-order valence-corrected chi connectivity index (χ0v) is 18.9. The number of carbonyl (C=O) groups is 3. The van der Waals surface area contributed by atoms with Crippen LogP contribution in [0.25, 0.3) is 11.1 Å². The zero-order chi connectivity index (χ0) is 23.5. The van der Waals surface area contributed by atoms with E-state index < -0.39 is 22.9 Å². The van der Waals surface area contributed by atoms with Gasteiger partial charge in [-0.2, -0.15) is 0 Å². The molecule has 2 amide bonds. The summed E-state index contributed by atoms with van der Waals surface area (Å²) in [6, 6.07) is 16.3. The Morgan fingerprint density at radius 3 is 2.24 bits per heavy atom. The third-order valence-corrected chi connectivity index (χ3v) is 8.42. The molecule has 3 atom stereocenters. The molecule has 3 N–H and O–H groups in total. The number of carbonyl (C=O) groups excluding carboxylic acids is 2. The van der Waals surface area contributed by atoms with Gasteiger partial charge in [0, 0.05) is 18.5 Å². The standard InChI is InChI=1S/C27H28N2O5/c30-23(28-15-26(9-10-26)24(31)32)27-12-16(27)11-17(13-27)29-25(33)34-14-22-20-7-3-1-5-18(20)19-6-2-4-8-21(19)22/h1-8,16-17,22H,9-15H2,(H,28,30)(H,29,33)(H,31,32)/t16-,17+,27+/m0/s1. The Hall–Kier alpha value is -3.35. The first-order valence-electron chi connectivity index (χ1n) is 12.1. The summed E-state index contributed by atoms with van der Waals surface area (Å²) in [7, 11) is 0. The van der Waals surface area contributed by atoms with E-state index in [0.717, 1.165) is 12.8 Å². The van der Waals surface area contributed by atoms with Crippen LogP contribution in [-0.4, -0.2) is 42.3 Å². The lowest BCUT2D eigenvalue weighted by atomic mass is 9.98. The van der Waals surface area contributed by atoms with Crippen molar-refractivity contribution in [1.29, 1.82) is 0 Å². The number of alkyl carbamates (subject to hydrolysis) is 1. The second-order valence-electron chi connectivity index (χ2n) is 10.4. The topological polar surface area (TPSA) is 105 Å². The van der Waals surface area contributed by atoms with Crippen LogP contribution >= 0.6 is 0 Å². The van der Waals surface area contributed by atoms with E-state index in [1.165, 1.54) is 22.3 Å². The molecular weight excluding hydrogens is 432 g/mol. The van der Waals surface area contributed by atoms with Crippen molar-refractivity contribution in [3.63, 3.8) is 0 Å². The average Bonchev–Trinajstić information content (AvgIpc) is 3.71. The Kier molecular flexibility index (Phi) is 4.73. The minimum Gasteiger partial charge on any atom is -0.481 e. The fourth-order valence-corrected chi connectivity index (χ4v) is 6.14. The number of ether oxygens (including phenoxy) is 1. The predicted molar refractivity (Wildman–Crippen MR) is 124 cm³/mol. The van der Waals surface area contributed by atoms with E-state index in [0.29, 0.717) is 19.3 Å². The largest absolute Gasteiger partial charge is 0.481 e. The van der Waals surface area contributed by atoms with Crippen LogP contribution in [-0.2, 0) is 14.3 Å². The predicted octanol–water partition coefficient (Wildman–Crippen LogP) is 3.67. The minimum absolute atomic E-state index is 0.0104. The normalized spacial score (nSPS) is 27.2. The molecule has 0 aliphatic heterocycles. The van der Waals surface area contributed by atoms with E-state index in [-0.39, 0.29) is 36.9 Å². The SMILES string of the molecule is O=C(N[C@@H]1C[C@H]2C[C@@]2(C(=O)NCC2(C(=O)O)CC2)C1)OCC1c2ccccc2-c2ccccc21. The molecule has 0 bridgehead atoms. The van der Waals surface area contributed by atoms with Crippen LogP contribution in [0.2, 0.25) is 0 Å². The lowest BCUT2D eigenvalue weighted by Crippen LogP contribution is -2.40. The molecule has 0 saturated heterocycles. The summed E-state index contributed by atoms with van der Waals surface area (Å²) in [6.45, 7) is 0.457. The number of hydrogen-bond acceptors (Lipinski definition) is 4. The van der Waals surface area contributed by atoms with Gasteiger partial charge in [0.1, 0.15) is 6.61 Å². The second-order valence-corrected chi connectivity index (χ2v) is 10.4. The highest BCUT2D eigenvalue weighted by atomic mass is 16.5. The van der Waals surface area contributed by atoms with Crippen LogP contribution in [0.3, 0.4) is 0 Å². The summed E-state index contributed by atoms with van der Waals surface area (Å²) in [5, 5.41) is 15.2. The van der Waals surface area contributed by atoms with Gasteiger partial charge in [-0.25, -0.2) is 4.79 Å². The summed E-state index contributed by atoms with van der Waals surface area (Å²) in [6.07, 6.45) is 2.92. The molecule has 4 aliphatic carbocycles. The first-order chi connectivity index (χ1) is 16.4. The number of fused-ring (bicyclic) bond motifs is 4. The zero-order valence-electron chi connectivity index (χ0n) is 18.9. The molecule has 0 aromatic heterocycles. The van der Waals surface area contributed by atoms with E-state index in [2.05, 4.69) is 34.9 Å². The first-order valence-corrected chi connectivity index (χ1v) is 12.1. The second kappa shape index (κ2) is 7.58. The van der Waals surface area contributed by atoms with Crippen molar-refractivity contribution in [2.75, 3.05) is 13.2 Å². The maximum absolute atomic E-state index is 12.8. The quantitative estimate of drug-likeness (QED) is 0.585. The van der Waals surface area contributed by atoms with Gasteiger partial charge >= 0.3 is 12.1 Å². The van der Waals surface area contributed by atoms with Gasteiger partial charge in [-0.05, 0) is 60.3 Å². The third kappa shape index (κ3) is 3.37. The molecule has 0 unspecified atom stereocenters. The summed E-state index contributed by atoms with van der Waals surface area (Å²) in [4.78, 5) is 36.8. The Labute approximate surface area is 197 Å². The molecule has 7 nitrogen and oxygen atoms in total. The number of benzene rings is 2. The molecule has 0 spiro atoms. The Morgan fingerprint density at radius 1 is 0.971 bits per heavy atom. The lowest BCUT2D eigenvalue weighted by molar-refractivity contribution is -0.143. The van der Waals surface area contributed by atoms with Crippen molar-refractivity contribution < 1.29 is 24.2 Å². The summed E-state index contributed by atoms with van der Waals surface area (Å²) < 4.78 is 5.66. The molecular formula is C27H28N2O5. The number of nitrogens with one attached hydrogen (secondary N) is 2. The molecule has 7 heteroatoms. The van der Waals surface area contributed by atoms with Crippen molar-refractivity contribution in [1.82, 2.24) is 10.6 Å². The number of amides is 2. The molecule has 6 rings (SSSR count). The first kappa shape index (κ1) is 21.2. The van der Waals surface area contributed by atoms with Crippen molar-refractivity contribution in [3.8, 4) is 11.1 Å². The fraction of sp³-hybridized carbons (Fsp3) is 0.444. The van der Waals surface area contributed by atoms with Gasteiger partial charge in [-0.3, -0.25) is 9.59 Å². The molecule has 0 heterocycles. The smallest absolute Gasteiger partial charge is 0.407 e. The molecule has 176 valence electrons. The van der Waals surface area contributed by atoms with Crippen molar-refractivity contribution in [2.45, 2.75) is 44.1 Å². The molecule has 2 aromatic rings. The molecule has 2 aromatic carbocycles. The average molecular weight is 461 g/mol. The van der Waals surface area contributed by atoms with Crippen molar-refractivity contribution in [3.05, 3.63) is 59.7 Å². The highest BCUT2D eigenvalue weighted by molar-refractivity contribution is 5.88. The summed E-state index contributed by atoms with van der Waals surface area (Å²) in [5.74, 6) is -0.650. The van der Waals surface area contributed by atoms with Gasteiger partial charge in [0.2, 0.25) is 5.91 Å². The van der Waals surface area contributed by atoms with E-state index in [9.17, 15) is 19.5 Å². The highest BCUT2D eigenvalue weighted by Gasteiger charge is 2.65. The Bertz CT molecular complexity index is 1140. The molecule has 4 aliphatic rings. The van der Waals surface area contributed by atoms with Crippen molar-refractivity contribution in [2.24, 2.45) is 16.7 Å². The van der Waals surface area contributed by atoms with Gasteiger partial charge in [0.15, 0.2) is 0 Å². The lowest BCUT2D eigenvalue weighted by Gasteiger charge is -2.20. The van der Waals surface area contributed by atoms with E-state index >= 15 is 0 Å². The van der Waals surface area contributed by atoms with Crippen LogP contribution < -0.4 is 10.6 Å². The van der Waals surface area contributed by atoms with Crippen LogP contribution in [0.4, 0.5) is 4.79 Å². The van der Waals surface area contributed by atoms with Crippen LogP contribution in [0.5, 0.6) is 0 Å².